The van der Waals surface area contributed by atoms with Crippen LogP contribution in [0.2, 0.25) is 0 Å². The summed E-state index contributed by atoms with van der Waals surface area (Å²) in [7, 11) is 0. The number of rotatable bonds is 1. The van der Waals surface area contributed by atoms with E-state index in [1.165, 1.54) is 0 Å². The van der Waals surface area contributed by atoms with Crippen molar-refractivity contribution >= 4 is 10.8 Å². The third-order valence-electron chi connectivity index (χ3n) is 1.82. The average Bonchev–Trinajstić information content (AvgIpc) is 2.17. The van der Waals surface area contributed by atoms with Crippen molar-refractivity contribution in [3.05, 3.63) is 42.5 Å². The molecule has 0 N–H and O–H groups in total. The maximum Gasteiger partial charge on any atom is 0.169 e. The predicted octanol–water partition coefficient (Wildman–Crippen LogP) is 2.56. The highest BCUT2D eigenvalue weighted by molar-refractivity contribution is 5.83. The first kappa shape index (κ1) is 7.13. The standard InChI is InChI=1S/C10H7O2/c11-12-10-6-5-8-3-1-2-4-9(8)7-10/h1-7H. The molecule has 0 atom stereocenters. The van der Waals surface area contributed by atoms with Crippen LogP contribution in [0.5, 0.6) is 5.75 Å². The topological polar surface area (TPSA) is 29.1 Å². The summed E-state index contributed by atoms with van der Waals surface area (Å²) in [6.45, 7) is 0. The minimum absolute atomic E-state index is 0.355. The molecule has 2 aromatic carbocycles. The highest BCUT2D eigenvalue weighted by Crippen LogP contribution is 2.19. The van der Waals surface area contributed by atoms with Crippen molar-refractivity contribution in [2.45, 2.75) is 0 Å². The molecule has 2 aromatic rings. The first-order valence-electron chi connectivity index (χ1n) is 3.69. The van der Waals surface area contributed by atoms with Gasteiger partial charge < -0.3 is 4.89 Å². The van der Waals surface area contributed by atoms with Gasteiger partial charge in [-0.3, -0.25) is 0 Å². The van der Waals surface area contributed by atoms with Crippen LogP contribution in [0.15, 0.2) is 42.5 Å². The molecule has 0 aliphatic heterocycles. The second-order valence-corrected chi connectivity index (χ2v) is 2.59. The van der Waals surface area contributed by atoms with Crippen molar-refractivity contribution in [1.29, 1.82) is 0 Å². The molecular weight excluding hydrogens is 152 g/mol. The first-order chi connectivity index (χ1) is 5.90. The molecule has 0 aliphatic rings. The Morgan fingerprint density at radius 2 is 1.67 bits per heavy atom. The molecule has 0 bridgehead atoms. The van der Waals surface area contributed by atoms with Gasteiger partial charge in [0.25, 0.3) is 0 Å². The van der Waals surface area contributed by atoms with Crippen LogP contribution in [0.3, 0.4) is 0 Å². The molecule has 12 heavy (non-hydrogen) atoms. The Morgan fingerprint density at radius 3 is 2.42 bits per heavy atom. The normalized spacial score (nSPS) is 10.1. The smallest absolute Gasteiger partial charge is 0.169 e. The summed E-state index contributed by atoms with van der Waals surface area (Å²) < 4.78 is 0. The summed E-state index contributed by atoms with van der Waals surface area (Å²) in [6, 6.07) is 13.1. The number of fused-ring (bicyclic) bond motifs is 1. The van der Waals surface area contributed by atoms with E-state index in [1.807, 2.05) is 30.3 Å². The molecule has 0 fully saturated rings. The Bertz CT molecular complexity index is 396. The largest absolute Gasteiger partial charge is 0.305 e. The zero-order valence-electron chi connectivity index (χ0n) is 6.36. The zero-order valence-corrected chi connectivity index (χ0v) is 6.36. The van der Waals surface area contributed by atoms with Crippen LogP contribution < -0.4 is 4.89 Å². The molecule has 0 aromatic heterocycles. The van der Waals surface area contributed by atoms with Gasteiger partial charge in [-0.1, -0.05) is 30.3 Å². The van der Waals surface area contributed by atoms with Crippen LogP contribution in [-0.2, 0) is 5.26 Å². The zero-order chi connectivity index (χ0) is 8.39. The lowest BCUT2D eigenvalue weighted by Crippen LogP contribution is -1.80. The van der Waals surface area contributed by atoms with E-state index < -0.39 is 0 Å². The lowest BCUT2D eigenvalue weighted by atomic mass is 10.1. The van der Waals surface area contributed by atoms with Gasteiger partial charge in [-0.25, -0.2) is 0 Å². The Balaban J connectivity index is 2.67. The van der Waals surface area contributed by atoms with Gasteiger partial charge in [0.1, 0.15) is 0 Å². The number of benzene rings is 2. The van der Waals surface area contributed by atoms with Gasteiger partial charge in [0.2, 0.25) is 0 Å². The summed E-state index contributed by atoms with van der Waals surface area (Å²) in [5, 5.41) is 12.2. The van der Waals surface area contributed by atoms with Crippen LogP contribution in [0.4, 0.5) is 0 Å². The van der Waals surface area contributed by atoms with Crippen LogP contribution in [0, 0.1) is 0 Å². The molecule has 0 unspecified atom stereocenters. The minimum atomic E-state index is 0.355. The third-order valence-corrected chi connectivity index (χ3v) is 1.82. The Morgan fingerprint density at radius 1 is 0.917 bits per heavy atom. The van der Waals surface area contributed by atoms with Crippen LogP contribution in [0.1, 0.15) is 0 Å². The van der Waals surface area contributed by atoms with E-state index in [0.29, 0.717) is 5.75 Å². The molecule has 1 radical (unpaired) electrons. The Labute approximate surface area is 70.0 Å². The van der Waals surface area contributed by atoms with Gasteiger partial charge in [-0.2, -0.15) is 0 Å². The molecule has 2 nitrogen and oxygen atoms in total. The summed E-state index contributed by atoms with van der Waals surface area (Å²) in [5.41, 5.74) is 0. The van der Waals surface area contributed by atoms with Gasteiger partial charge in [0.15, 0.2) is 5.75 Å². The van der Waals surface area contributed by atoms with Crippen LogP contribution >= 0.6 is 0 Å². The summed E-state index contributed by atoms with van der Waals surface area (Å²) in [6.07, 6.45) is 0. The molecule has 0 saturated heterocycles. The molecule has 0 saturated carbocycles. The molecule has 2 rings (SSSR count). The maximum absolute atomic E-state index is 10.1. The first-order valence-corrected chi connectivity index (χ1v) is 3.69. The van der Waals surface area contributed by atoms with E-state index in [0.717, 1.165) is 10.8 Å². The highest BCUT2D eigenvalue weighted by Gasteiger charge is 1.95. The summed E-state index contributed by atoms with van der Waals surface area (Å²) in [5.74, 6) is 0.355. The second kappa shape index (κ2) is 2.83. The quantitative estimate of drug-likeness (QED) is 0.464. The Kier molecular flexibility index (Phi) is 1.68. The lowest BCUT2D eigenvalue weighted by Gasteiger charge is -1.97. The van der Waals surface area contributed by atoms with Crippen molar-refractivity contribution < 1.29 is 10.1 Å². The fourth-order valence-electron chi connectivity index (χ4n) is 1.22. The van der Waals surface area contributed by atoms with Crippen LogP contribution in [-0.4, -0.2) is 0 Å². The van der Waals surface area contributed by atoms with Crippen molar-refractivity contribution in [1.82, 2.24) is 0 Å². The third kappa shape index (κ3) is 1.12. The minimum Gasteiger partial charge on any atom is -0.305 e. The SMILES string of the molecule is [O]Oc1ccc2ccccc2c1. The maximum atomic E-state index is 10.1. The summed E-state index contributed by atoms with van der Waals surface area (Å²) in [4.78, 5) is 3.87. The van der Waals surface area contributed by atoms with Gasteiger partial charge in [0.05, 0.1) is 0 Å². The molecule has 2 heteroatoms. The highest BCUT2D eigenvalue weighted by atomic mass is 17.1. The van der Waals surface area contributed by atoms with Gasteiger partial charge in [0, 0.05) is 5.26 Å². The predicted molar refractivity (Wildman–Crippen MR) is 45.3 cm³/mol. The van der Waals surface area contributed by atoms with Crippen molar-refractivity contribution in [3.8, 4) is 5.75 Å². The fourth-order valence-corrected chi connectivity index (χ4v) is 1.22. The van der Waals surface area contributed by atoms with E-state index in [9.17, 15) is 5.26 Å². The van der Waals surface area contributed by atoms with E-state index in [4.69, 9.17) is 0 Å². The van der Waals surface area contributed by atoms with Crippen molar-refractivity contribution in [3.63, 3.8) is 0 Å². The number of hydrogen-bond donors (Lipinski definition) is 0. The van der Waals surface area contributed by atoms with Gasteiger partial charge in [-0.05, 0) is 22.9 Å². The van der Waals surface area contributed by atoms with E-state index in [-0.39, 0.29) is 0 Å². The van der Waals surface area contributed by atoms with Crippen LogP contribution in [0.25, 0.3) is 10.8 Å². The van der Waals surface area contributed by atoms with E-state index >= 15 is 0 Å². The molecule has 59 valence electrons. The van der Waals surface area contributed by atoms with Crippen molar-refractivity contribution in [2.75, 3.05) is 0 Å². The monoisotopic (exact) mass is 159 g/mol. The molecule has 0 amide bonds. The second-order valence-electron chi connectivity index (χ2n) is 2.59. The molecular formula is C10H7O2. The van der Waals surface area contributed by atoms with Gasteiger partial charge in [-0.15, -0.1) is 0 Å². The molecule has 0 heterocycles. The lowest BCUT2D eigenvalue weighted by molar-refractivity contribution is -0.208. The number of hydrogen-bond acceptors (Lipinski definition) is 1. The van der Waals surface area contributed by atoms with Gasteiger partial charge >= 0.3 is 0 Å². The fraction of sp³-hybridized carbons (Fsp3) is 0. The molecule has 0 spiro atoms. The van der Waals surface area contributed by atoms with E-state index in [1.54, 1.807) is 12.1 Å². The summed E-state index contributed by atoms with van der Waals surface area (Å²) >= 11 is 0. The average molecular weight is 159 g/mol. The molecule has 0 aliphatic carbocycles. The Hall–Kier alpha value is -1.54. The van der Waals surface area contributed by atoms with E-state index in [2.05, 4.69) is 4.89 Å². The van der Waals surface area contributed by atoms with Crippen molar-refractivity contribution in [2.24, 2.45) is 0 Å².